The van der Waals surface area contributed by atoms with E-state index in [-0.39, 0.29) is 12.2 Å². The third-order valence-electron chi connectivity index (χ3n) is 3.52. The van der Waals surface area contributed by atoms with Gasteiger partial charge in [0.25, 0.3) is 0 Å². The minimum Gasteiger partial charge on any atom is -0.497 e. The molecule has 0 aliphatic rings. The Labute approximate surface area is 148 Å². The van der Waals surface area contributed by atoms with Gasteiger partial charge in [-0.15, -0.1) is 0 Å². The molecule has 0 atom stereocenters. The number of methoxy groups -OCH3 is 1. The van der Waals surface area contributed by atoms with Gasteiger partial charge >= 0.3 is 6.18 Å². The Hall–Kier alpha value is -3.03. The minimum atomic E-state index is -4.51. The summed E-state index contributed by atoms with van der Waals surface area (Å²) in [6.07, 6.45) is -4.51. The lowest BCUT2D eigenvalue weighted by atomic mass is 10.2. The molecule has 0 spiro atoms. The van der Waals surface area contributed by atoms with E-state index in [9.17, 15) is 22.8 Å². The number of rotatable bonds is 5. The zero-order valence-electron chi connectivity index (χ0n) is 14.1. The molecule has 26 heavy (non-hydrogen) atoms. The number of nitrogens with one attached hydrogen (secondary N) is 1. The molecule has 0 aliphatic carbocycles. The maximum atomic E-state index is 12.7. The van der Waals surface area contributed by atoms with Crippen LogP contribution in [0.1, 0.15) is 12.5 Å². The molecule has 0 fully saturated rings. The topological polar surface area (TPSA) is 58.6 Å². The Balaban J connectivity index is 2.15. The van der Waals surface area contributed by atoms with E-state index in [0.29, 0.717) is 11.4 Å². The number of ether oxygens (including phenoxy) is 1. The molecule has 2 amide bonds. The fraction of sp³-hybridized carbons (Fsp3) is 0.222. The van der Waals surface area contributed by atoms with Crippen LogP contribution in [0.5, 0.6) is 5.75 Å². The first-order valence-corrected chi connectivity index (χ1v) is 7.60. The number of halogens is 3. The van der Waals surface area contributed by atoms with Crippen LogP contribution in [0.4, 0.5) is 24.5 Å². The van der Waals surface area contributed by atoms with Crippen molar-refractivity contribution in [2.45, 2.75) is 13.1 Å². The van der Waals surface area contributed by atoms with Crippen LogP contribution >= 0.6 is 0 Å². The molecule has 2 aromatic carbocycles. The number of alkyl halides is 3. The third-order valence-corrected chi connectivity index (χ3v) is 3.52. The molecule has 0 heterocycles. The maximum absolute atomic E-state index is 12.7. The second-order valence-corrected chi connectivity index (χ2v) is 5.43. The zero-order chi connectivity index (χ0) is 19.3. The van der Waals surface area contributed by atoms with Gasteiger partial charge in [-0.1, -0.05) is 12.1 Å². The Morgan fingerprint density at radius 3 is 2.42 bits per heavy atom. The van der Waals surface area contributed by atoms with Gasteiger partial charge in [0.1, 0.15) is 12.3 Å². The summed E-state index contributed by atoms with van der Waals surface area (Å²) >= 11 is 0. The van der Waals surface area contributed by atoms with Crippen LogP contribution in [0, 0.1) is 0 Å². The van der Waals surface area contributed by atoms with Crippen molar-refractivity contribution in [2.24, 2.45) is 0 Å². The third kappa shape index (κ3) is 4.98. The van der Waals surface area contributed by atoms with Crippen molar-refractivity contribution in [3.05, 3.63) is 54.1 Å². The molecule has 138 valence electrons. The minimum absolute atomic E-state index is 0.000954. The highest BCUT2D eigenvalue weighted by molar-refractivity contribution is 6.01. The van der Waals surface area contributed by atoms with E-state index < -0.39 is 23.6 Å². The average molecular weight is 366 g/mol. The molecule has 0 bridgehead atoms. The zero-order valence-corrected chi connectivity index (χ0v) is 14.1. The summed E-state index contributed by atoms with van der Waals surface area (Å²) in [5.41, 5.74) is -0.429. The molecule has 0 aromatic heterocycles. The van der Waals surface area contributed by atoms with Gasteiger partial charge < -0.3 is 15.0 Å². The van der Waals surface area contributed by atoms with Crippen molar-refractivity contribution in [3.63, 3.8) is 0 Å². The first kappa shape index (κ1) is 19.3. The van der Waals surface area contributed by atoms with E-state index in [2.05, 4.69) is 5.32 Å². The molecule has 0 radical (unpaired) electrons. The molecular formula is C18H17F3N2O3. The van der Waals surface area contributed by atoms with Crippen molar-refractivity contribution < 1.29 is 27.5 Å². The van der Waals surface area contributed by atoms with E-state index in [1.54, 1.807) is 24.3 Å². The summed E-state index contributed by atoms with van der Waals surface area (Å²) in [4.78, 5) is 25.3. The van der Waals surface area contributed by atoms with E-state index in [1.807, 2.05) is 0 Å². The van der Waals surface area contributed by atoms with Gasteiger partial charge in [-0.2, -0.15) is 13.2 Å². The number of carbonyl (C=O) groups is 2. The highest BCUT2D eigenvalue weighted by atomic mass is 19.4. The standard InChI is InChI=1S/C18H17F3N2O3/c1-12(24)23(15-7-4-8-16(10-15)26-2)11-17(25)22-14-6-3-5-13(9-14)18(19,20)21/h3-10H,11H2,1-2H3,(H,22,25). The Kier molecular flexibility index (Phi) is 5.86. The maximum Gasteiger partial charge on any atom is 0.416 e. The Bertz CT molecular complexity index is 806. The van der Waals surface area contributed by atoms with Crippen LogP contribution in [0.25, 0.3) is 0 Å². The predicted octanol–water partition coefficient (Wildman–Crippen LogP) is 3.71. The Morgan fingerprint density at radius 2 is 1.81 bits per heavy atom. The molecular weight excluding hydrogens is 349 g/mol. The largest absolute Gasteiger partial charge is 0.497 e. The van der Waals surface area contributed by atoms with Gasteiger partial charge in [0.05, 0.1) is 12.7 Å². The highest BCUT2D eigenvalue weighted by Crippen LogP contribution is 2.30. The van der Waals surface area contributed by atoms with E-state index in [1.165, 1.54) is 31.1 Å². The van der Waals surface area contributed by atoms with Gasteiger partial charge in [0.2, 0.25) is 11.8 Å². The lowest BCUT2D eigenvalue weighted by Crippen LogP contribution is -2.36. The van der Waals surface area contributed by atoms with Crippen LogP contribution in [0.15, 0.2) is 48.5 Å². The molecule has 0 saturated heterocycles. The van der Waals surface area contributed by atoms with E-state index in [0.717, 1.165) is 12.1 Å². The molecule has 8 heteroatoms. The van der Waals surface area contributed by atoms with E-state index in [4.69, 9.17) is 4.74 Å². The number of nitrogens with zero attached hydrogens (tertiary/aromatic N) is 1. The van der Waals surface area contributed by atoms with Crippen molar-refractivity contribution in [1.82, 2.24) is 0 Å². The smallest absolute Gasteiger partial charge is 0.416 e. The number of amides is 2. The SMILES string of the molecule is COc1cccc(N(CC(=O)Nc2cccc(C(F)(F)F)c2)C(C)=O)c1. The molecule has 1 N–H and O–H groups in total. The normalized spacial score (nSPS) is 11.0. The lowest BCUT2D eigenvalue weighted by molar-refractivity contribution is -0.137. The first-order chi connectivity index (χ1) is 12.2. The summed E-state index contributed by atoms with van der Waals surface area (Å²) < 4.78 is 43.3. The van der Waals surface area contributed by atoms with Crippen molar-refractivity contribution in [3.8, 4) is 5.75 Å². The van der Waals surface area contributed by atoms with Crippen molar-refractivity contribution in [1.29, 1.82) is 0 Å². The van der Waals surface area contributed by atoms with Crippen LogP contribution < -0.4 is 15.0 Å². The molecule has 2 rings (SSSR count). The molecule has 0 aliphatic heterocycles. The molecule has 2 aromatic rings. The fourth-order valence-electron chi connectivity index (χ4n) is 2.28. The van der Waals surface area contributed by atoms with Crippen LogP contribution in [-0.2, 0) is 15.8 Å². The summed E-state index contributed by atoms with van der Waals surface area (Å²) in [5, 5.41) is 2.37. The number of hydrogen-bond donors (Lipinski definition) is 1. The number of carbonyl (C=O) groups excluding carboxylic acids is 2. The van der Waals surface area contributed by atoms with Crippen LogP contribution in [0.2, 0.25) is 0 Å². The number of anilines is 2. The molecule has 0 saturated carbocycles. The van der Waals surface area contributed by atoms with E-state index >= 15 is 0 Å². The van der Waals surface area contributed by atoms with Crippen molar-refractivity contribution >= 4 is 23.2 Å². The predicted molar refractivity (Wildman–Crippen MR) is 91.1 cm³/mol. The van der Waals surface area contributed by atoms with Crippen LogP contribution in [0.3, 0.4) is 0 Å². The van der Waals surface area contributed by atoms with Gasteiger partial charge in [0.15, 0.2) is 0 Å². The molecule has 5 nitrogen and oxygen atoms in total. The highest BCUT2D eigenvalue weighted by Gasteiger charge is 2.30. The van der Waals surface area contributed by atoms with Gasteiger partial charge in [-0.3, -0.25) is 9.59 Å². The summed E-state index contributed by atoms with van der Waals surface area (Å²) in [6, 6.07) is 10.8. The summed E-state index contributed by atoms with van der Waals surface area (Å²) in [5.74, 6) is -0.508. The molecule has 0 unspecified atom stereocenters. The van der Waals surface area contributed by atoms with Gasteiger partial charge in [0, 0.05) is 24.4 Å². The quantitative estimate of drug-likeness (QED) is 0.878. The van der Waals surface area contributed by atoms with Gasteiger partial charge in [-0.05, 0) is 30.3 Å². The van der Waals surface area contributed by atoms with Crippen LogP contribution in [-0.4, -0.2) is 25.5 Å². The number of hydrogen-bond acceptors (Lipinski definition) is 3. The van der Waals surface area contributed by atoms with Crippen molar-refractivity contribution in [2.75, 3.05) is 23.9 Å². The average Bonchev–Trinajstić information content (AvgIpc) is 2.59. The van der Waals surface area contributed by atoms with Gasteiger partial charge in [-0.25, -0.2) is 0 Å². The fourth-order valence-corrected chi connectivity index (χ4v) is 2.28. The summed E-state index contributed by atoms with van der Waals surface area (Å²) in [6.45, 7) is 0.940. The monoisotopic (exact) mass is 366 g/mol. The lowest BCUT2D eigenvalue weighted by Gasteiger charge is -2.21. The first-order valence-electron chi connectivity index (χ1n) is 7.60. The number of benzene rings is 2. The summed E-state index contributed by atoms with van der Waals surface area (Å²) in [7, 11) is 1.47. The second kappa shape index (κ2) is 7.90. The second-order valence-electron chi connectivity index (χ2n) is 5.43. The Morgan fingerprint density at radius 1 is 1.12 bits per heavy atom.